The lowest BCUT2D eigenvalue weighted by atomic mass is 10.1. The number of Topliss-reactive ketones (excluding diaryl/α,β-unsaturated/α-hetero) is 1. The molecule has 0 amide bonds. The molecule has 1 aromatic carbocycles. The number of ketones is 1. The zero-order valence-electron chi connectivity index (χ0n) is 14.9. The van der Waals surface area contributed by atoms with Gasteiger partial charge in [-0.3, -0.25) is 9.36 Å². The third-order valence-corrected chi connectivity index (χ3v) is 4.88. The molecule has 0 fully saturated rings. The highest BCUT2D eigenvalue weighted by Gasteiger charge is 2.20. The Morgan fingerprint density at radius 3 is 2.59 bits per heavy atom. The molecule has 3 aromatic rings. The van der Waals surface area contributed by atoms with Gasteiger partial charge in [0.1, 0.15) is 5.76 Å². The first kappa shape index (κ1) is 19.4. The van der Waals surface area contributed by atoms with E-state index in [1.54, 1.807) is 44.2 Å². The number of carbonyl (C=O) groups is 2. The van der Waals surface area contributed by atoms with Gasteiger partial charge in [-0.25, -0.2) is 4.79 Å². The molecule has 27 heavy (non-hydrogen) atoms. The zero-order valence-corrected chi connectivity index (χ0v) is 17.2. The Balaban J connectivity index is 1.77. The van der Waals surface area contributed by atoms with E-state index >= 15 is 0 Å². The third-order valence-electron chi connectivity index (χ3n) is 4.06. The highest BCUT2D eigenvalue weighted by Crippen LogP contribution is 2.23. The number of benzene rings is 1. The molecule has 0 N–H and O–H groups in total. The second kappa shape index (κ2) is 7.70. The van der Waals surface area contributed by atoms with Crippen LogP contribution in [0.5, 0.6) is 0 Å². The Morgan fingerprint density at radius 1 is 1.19 bits per heavy atom. The van der Waals surface area contributed by atoms with Crippen molar-refractivity contribution in [1.29, 1.82) is 0 Å². The number of nitrogens with zero attached hydrogens (tertiary/aromatic N) is 2. The van der Waals surface area contributed by atoms with E-state index in [9.17, 15) is 9.59 Å². The Bertz CT molecular complexity index is 1040. The van der Waals surface area contributed by atoms with Crippen molar-refractivity contribution < 1.29 is 18.8 Å². The number of aryl methyl sites for hydroxylation is 2. The Kier molecular flexibility index (Phi) is 5.53. The van der Waals surface area contributed by atoms with Crippen molar-refractivity contribution in [1.82, 2.24) is 9.72 Å². The number of ether oxygens (including phenoxy) is 1. The lowest BCUT2D eigenvalue weighted by molar-refractivity contribution is 0.0474. The number of hydrogen-bond acceptors (Lipinski definition) is 5. The van der Waals surface area contributed by atoms with Crippen molar-refractivity contribution in [2.24, 2.45) is 0 Å². The number of rotatable bonds is 5. The fraction of sp³-hybridized carbons (Fsp3) is 0.211. The van der Waals surface area contributed by atoms with Gasteiger partial charge in [0.15, 0.2) is 12.4 Å². The maximum absolute atomic E-state index is 12.6. The second-order valence-electron chi connectivity index (χ2n) is 6.04. The van der Waals surface area contributed by atoms with Gasteiger partial charge in [-0.2, -0.15) is 0 Å². The molecular formula is C19H16BrClN2O4. The average molecular weight is 452 g/mol. The lowest BCUT2D eigenvalue weighted by Gasteiger charge is -2.07. The fourth-order valence-electron chi connectivity index (χ4n) is 2.80. The summed E-state index contributed by atoms with van der Waals surface area (Å²) < 4.78 is 12.8. The maximum Gasteiger partial charge on any atom is 0.340 e. The molecule has 0 radical (unpaired) electrons. The standard InChI is InChI=1S/C19H16BrClN2O4/c1-10-6-14(12(3)23(10)18-7-11(2)27-22-18)17(24)9-26-19(25)15-8-13(20)4-5-16(15)21/h4-8H,9H2,1-3H3. The average Bonchev–Trinajstić information content (AvgIpc) is 3.17. The van der Waals surface area contributed by atoms with Crippen LogP contribution in [0.1, 0.15) is 37.9 Å². The number of aromatic nitrogens is 2. The van der Waals surface area contributed by atoms with Crippen molar-refractivity contribution in [2.45, 2.75) is 20.8 Å². The molecule has 0 atom stereocenters. The molecule has 2 heterocycles. The molecule has 0 spiro atoms. The molecule has 0 aliphatic heterocycles. The smallest absolute Gasteiger partial charge is 0.340 e. The van der Waals surface area contributed by atoms with E-state index in [4.69, 9.17) is 20.9 Å². The van der Waals surface area contributed by atoms with E-state index in [-0.39, 0.29) is 23.0 Å². The molecule has 6 nitrogen and oxygen atoms in total. The summed E-state index contributed by atoms with van der Waals surface area (Å²) in [4.78, 5) is 24.8. The normalized spacial score (nSPS) is 10.9. The van der Waals surface area contributed by atoms with Crippen LogP contribution in [0.2, 0.25) is 5.02 Å². The predicted molar refractivity (Wildman–Crippen MR) is 104 cm³/mol. The van der Waals surface area contributed by atoms with Crippen LogP contribution in [-0.4, -0.2) is 28.1 Å². The molecule has 3 rings (SSSR count). The van der Waals surface area contributed by atoms with Crippen molar-refractivity contribution in [3.8, 4) is 5.82 Å². The summed E-state index contributed by atoms with van der Waals surface area (Å²) in [5, 5.41) is 4.24. The lowest BCUT2D eigenvalue weighted by Crippen LogP contribution is -2.15. The van der Waals surface area contributed by atoms with E-state index in [0.29, 0.717) is 27.3 Å². The summed E-state index contributed by atoms with van der Waals surface area (Å²) in [6.07, 6.45) is 0. The van der Waals surface area contributed by atoms with Crippen molar-refractivity contribution >= 4 is 39.3 Å². The summed E-state index contributed by atoms with van der Waals surface area (Å²) >= 11 is 9.29. The fourth-order valence-corrected chi connectivity index (χ4v) is 3.35. The summed E-state index contributed by atoms with van der Waals surface area (Å²) in [7, 11) is 0. The first-order chi connectivity index (χ1) is 12.8. The molecule has 0 aliphatic rings. The van der Waals surface area contributed by atoms with Gasteiger partial charge in [-0.15, -0.1) is 0 Å². The largest absolute Gasteiger partial charge is 0.454 e. The van der Waals surface area contributed by atoms with Crippen LogP contribution in [0.3, 0.4) is 0 Å². The minimum atomic E-state index is -0.657. The monoisotopic (exact) mass is 450 g/mol. The van der Waals surface area contributed by atoms with Crippen molar-refractivity contribution in [3.63, 3.8) is 0 Å². The van der Waals surface area contributed by atoms with Gasteiger partial charge >= 0.3 is 5.97 Å². The van der Waals surface area contributed by atoms with E-state index < -0.39 is 5.97 Å². The Hall–Kier alpha value is -2.38. The topological polar surface area (TPSA) is 74.3 Å². The van der Waals surface area contributed by atoms with Crippen LogP contribution in [0.25, 0.3) is 5.82 Å². The van der Waals surface area contributed by atoms with Crippen LogP contribution >= 0.6 is 27.5 Å². The van der Waals surface area contributed by atoms with Crippen LogP contribution in [0, 0.1) is 20.8 Å². The van der Waals surface area contributed by atoms with Crippen LogP contribution in [0.15, 0.2) is 39.3 Å². The van der Waals surface area contributed by atoms with E-state index in [0.717, 1.165) is 5.69 Å². The molecule has 2 aromatic heterocycles. The van der Waals surface area contributed by atoms with E-state index in [2.05, 4.69) is 21.1 Å². The van der Waals surface area contributed by atoms with Crippen molar-refractivity contribution in [3.05, 3.63) is 68.1 Å². The minimum absolute atomic E-state index is 0.197. The molecule has 0 saturated carbocycles. The quantitative estimate of drug-likeness (QED) is 0.410. The minimum Gasteiger partial charge on any atom is -0.454 e. The summed E-state index contributed by atoms with van der Waals surface area (Å²) in [6.45, 7) is 5.07. The van der Waals surface area contributed by atoms with Crippen LogP contribution in [-0.2, 0) is 4.74 Å². The molecule has 0 saturated heterocycles. The van der Waals surface area contributed by atoms with E-state index in [1.165, 1.54) is 0 Å². The van der Waals surface area contributed by atoms with Gasteiger partial charge in [0.2, 0.25) is 5.78 Å². The highest BCUT2D eigenvalue weighted by molar-refractivity contribution is 9.10. The Morgan fingerprint density at radius 2 is 1.93 bits per heavy atom. The van der Waals surface area contributed by atoms with Gasteiger partial charge < -0.3 is 9.26 Å². The number of esters is 1. The summed E-state index contributed by atoms with van der Waals surface area (Å²) in [6, 6.07) is 8.36. The predicted octanol–water partition coefficient (Wildman–Crippen LogP) is 4.85. The second-order valence-corrected chi connectivity index (χ2v) is 7.36. The van der Waals surface area contributed by atoms with Crippen molar-refractivity contribution in [2.75, 3.05) is 6.61 Å². The van der Waals surface area contributed by atoms with Gasteiger partial charge in [-0.05, 0) is 45.0 Å². The zero-order chi connectivity index (χ0) is 19.7. The maximum atomic E-state index is 12.6. The Labute approximate surface area is 169 Å². The SMILES string of the molecule is Cc1cc(-n2c(C)cc(C(=O)COC(=O)c3cc(Br)ccc3Cl)c2C)no1. The summed E-state index contributed by atoms with van der Waals surface area (Å²) in [5.41, 5.74) is 2.18. The number of hydrogen-bond donors (Lipinski definition) is 0. The van der Waals surface area contributed by atoms with E-state index in [1.807, 2.05) is 11.5 Å². The van der Waals surface area contributed by atoms with Gasteiger partial charge in [0.25, 0.3) is 0 Å². The number of carbonyl (C=O) groups excluding carboxylic acids is 2. The number of halogens is 2. The van der Waals surface area contributed by atoms with Gasteiger partial charge in [-0.1, -0.05) is 32.7 Å². The van der Waals surface area contributed by atoms with Crippen LogP contribution < -0.4 is 0 Å². The first-order valence-corrected chi connectivity index (χ1v) is 9.23. The highest BCUT2D eigenvalue weighted by atomic mass is 79.9. The molecule has 0 bridgehead atoms. The summed E-state index contributed by atoms with van der Waals surface area (Å²) in [5.74, 6) is 0.300. The van der Waals surface area contributed by atoms with Gasteiger partial charge in [0.05, 0.1) is 10.6 Å². The molecule has 140 valence electrons. The first-order valence-electron chi connectivity index (χ1n) is 8.06. The van der Waals surface area contributed by atoms with Crippen LogP contribution in [0.4, 0.5) is 0 Å². The molecule has 0 aliphatic carbocycles. The van der Waals surface area contributed by atoms with Gasteiger partial charge in [0, 0.05) is 27.5 Å². The molecule has 8 heteroatoms. The molecule has 0 unspecified atom stereocenters. The molecular weight excluding hydrogens is 436 g/mol. The third kappa shape index (κ3) is 3.99.